The molecule has 0 saturated carbocycles. The highest BCUT2D eigenvalue weighted by Gasteiger charge is 2.34. The van der Waals surface area contributed by atoms with Gasteiger partial charge in [0.05, 0.1) is 36.7 Å². The quantitative estimate of drug-likeness (QED) is 0.930. The van der Waals surface area contributed by atoms with E-state index >= 15 is 0 Å². The fraction of sp³-hybridized carbons (Fsp3) is 0.471. The van der Waals surface area contributed by atoms with Gasteiger partial charge < -0.3 is 14.8 Å². The predicted octanol–water partition coefficient (Wildman–Crippen LogP) is 2.24. The first-order valence-corrected chi connectivity index (χ1v) is 8.01. The smallest absolute Gasteiger partial charge is 0.230 e. The summed E-state index contributed by atoms with van der Waals surface area (Å²) < 4.78 is 12.7. The van der Waals surface area contributed by atoms with Gasteiger partial charge in [0.25, 0.3) is 0 Å². The molecule has 7 nitrogen and oxygen atoms in total. The first-order chi connectivity index (χ1) is 11.6. The van der Waals surface area contributed by atoms with Crippen LogP contribution in [0.15, 0.2) is 24.5 Å². The molecule has 0 radical (unpaired) electrons. The SMILES string of the molecule is COc1ccc(NC(=O)[C@@H]2CCCO[C@H]2c2cnn(C)c2)c(C)n1. The highest BCUT2D eigenvalue weighted by Crippen LogP contribution is 2.34. The van der Waals surface area contributed by atoms with Crippen molar-refractivity contribution in [3.8, 4) is 5.88 Å². The second kappa shape index (κ2) is 7.00. The van der Waals surface area contributed by atoms with Crippen molar-refractivity contribution in [2.45, 2.75) is 25.9 Å². The molecule has 0 unspecified atom stereocenters. The Morgan fingerprint density at radius 2 is 2.29 bits per heavy atom. The Hall–Kier alpha value is -2.41. The van der Waals surface area contributed by atoms with E-state index in [1.165, 1.54) is 0 Å². The molecular formula is C17H22N4O3. The zero-order valence-electron chi connectivity index (χ0n) is 14.2. The Morgan fingerprint density at radius 3 is 2.96 bits per heavy atom. The molecule has 2 aromatic rings. The Morgan fingerprint density at radius 1 is 1.46 bits per heavy atom. The maximum atomic E-state index is 12.8. The number of hydrogen-bond acceptors (Lipinski definition) is 5. The second-order valence-corrected chi connectivity index (χ2v) is 5.96. The van der Waals surface area contributed by atoms with Crippen molar-refractivity contribution in [3.63, 3.8) is 0 Å². The lowest BCUT2D eigenvalue weighted by Crippen LogP contribution is -2.33. The largest absolute Gasteiger partial charge is 0.481 e. The van der Waals surface area contributed by atoms with Crippen molar-refractivity contribution in [1.82, 2.24) is 14.8 Å². The van der Waals surface area contributed by atoms with Crippen molar-refractivity contribution < 1.29 is 14.3 Å². The molecule has 1 N–H and O–H groups in total. The van der Waals surface area contributed by atoms with Crippen LogP contribution < -0.4 is 10.1 Å². The number of ether oxygens (including phenoxy) is 2. The van der Waals surface area contributed by atoms with E-state index in [1.807, 2.05) is 26.2 Å². The normalized spacial score (nSPS) is 20.6. The molecule has 24 heavy (non-hydrogen) atoms. The fourth-order valence-electron chi connectivity index (χ4n) is 2.97. The zero-order valence-corrected chi connectivity index (χ0v) is 14.2. The van der Waals surface area contributed by atoms with Crippen molar-refractivity contribution in [1.29, 1.82) is 0 Å². The molecule has 1 aliphatic heterocycles. The van der Waals surface area contributed by atoms with E-state index in [4.69, 9.17) is 9.47 Å². The summed E-state index contributed by atoms with van der Waals surface area (Å²) in [7, 11) is 3.42. The number of carbonyl (C=O) groups excluding carboxylic acids is 1. The summed E-state index contributed by atoms with van der Waals surface area (Å²) in [5.41, 5.74) is 2.34. The first kappa shape index (κ1) is 16.4. The van der Waals surface area contributed by atoms with Crippen LogP contribution in [-0.2, 0) is 16.6 Å². The highest BCUT2D eigenvalue weighted by atomic mass is 16.5. The number of aryl methyl sites for hydroxylation is 2. The van der Waals surface area contributed by atoms with Gasteiger partial charge in [-0.3, -0.25) is 9.48 Å². The van der Waals surface area contributed by atoms with Crippen molar-refractivity contribution in [2.24, 2.45) is 13.0 Å². The number of nitrogens with one attached hydrogen (secondary N) is 1. The minimum atomic E-state index is -0.265. The molecule has 1 fully saturated rings. The predicted molar refractivity (Wildman–Crippen MR) is 88.8 cm³/mol. The van der Waals surface area contributed by atoms with E-state index in [0.29, 0.717) is 18.2 Å². The third-order valence-electron chi connectivity index (χ3n) is 4.24. The van der Waals surface area contributed by atoms with Crippen LogP contribution in [0.3, 0.4) is 0 Å². The van der Waals surface area contributed by atoms with Crippen LogP contribution >= 0.6 is 0 Å². The number of pyridine rings is 1. The van der Waals surface area contributed by atoms with Gasteiger partial charge in [-0.05, 0) is 25.8 Å². The number of rotatable bonds is 4. The van der Waals surface area contributed by atoms with E-state index in [-0.39, 0.29) is 17.9 Å². The molecule has 3 rings (SSSR count). The van der Waals surface area contributed by atoms with E-state index in [2.05, 4.69) is 15.4 Å². The number of nitrogens with zero attached hydrogens (tertiary/aromatic N) is 3. The van der Waals surface area contributed by atoms with Gasteiger partial charge in [0, 0.05) is 31.5 Å². The number of carbonyl (C=O) groups is 1. The van der Waals surface area contributed by atoms with Crippen LogP contribution in [0.2, 0.25) is 0 Å². The van der Waals surface area contributed by atoms with Crippen molar-refractivity contribution in [2.75, 3.05) is 19.0 Å². The van der Waals surface area contributed by atoms with Gasteiger partial charge in [-0.25, -0.2) is 4.98 Å². The molecule has 0 bridgehead atoms. The minimum absolute atomic E-state index is 0.0568. The number of hydrogen-bond donors (Lipinski definition) is 1. The van der Waals surface area contributed by atoms with Crippen LogP contribution in [0.5, 0.6) is 5.88 Å². The summed E-state index contributed by atoms with van der Waals surface area (Å²) in [4.78, 5) is 17.1. The van der Waals surface area contributed by atoms with Gasteiger partial charge >= 0.3 is 0 Å². The molecule has 7 heteroatoms. The average molecular weight is 330 g/mol. The summed E-state index contributed by atoms with van der Waals surface area (Å²) in [6.45, 7) is 2.50. The first-order valence-electron chi connectivity index (χ1n) is 8.01. The van der Waals surface area contributed by atoms with Crippen LogP contribution in [0.4, 0.5) is 5.69 Å². The van der Waals surface area contributed by atoms with Crippen LogP contribution in [0.25, 0.3) is 0 Å². The molecule has 1 aliphatic rings. The average Bonchev–Trinajstić information content (AvgIpc) is 3.03. The maximum absolute atomic E-state index is 12.8. The highest BCUT2D eigenvalue weighted by molar-refractivity contribution is 5.93. The minimum Gasteiger partial charge on any atom is -0.481 e. The van der Waals surface area contributed by atoms with Gasteiger partial charge in [0.15, 0.2) is 0 Å². The van der Waals surface area contributed by atoms with Crippen LogP contribution in [0, 0.1) is 12.8 Å². The molecule has 0 aromatic carbocycles. The molecule has 0 aliphatic carbocycles. The molecule has 0 spiro atoms. The standard InChI is InChI=1S/C17H22N4O3/c1-11-14(6-7-15(19-11)23-3)20-17(22)13-5-4-8-24-16(13)12-9-18-21(2)10-12/h6-7,9-10,13,16H,4-5,8H2,1-3H3,(H,20,22)/t13-,16+/m1/s1. The third-order valence-corrected chi connectivity index (χ3v) is 4.24. The van der Waals surface area contributed by atoms with Crippen LogP contribution in [0.1, 0.15) is 30.2 Å². The topological polar surface area (TPSA) is 78.3 Å². The Bertz CT molecular complexity index is 728. The van der Waals surface area contributed by atoms with Crippen LogP contribution in [-0.4, -0.2) is 34.4 Å². The summed E-state index contributed by atoms with van der Waals surface area (Å²) in [5, 5.41) is 7.16. The fourth-order valence-corrected chi connectivity index (χ4v) is 2.97. The lowest BCUT2D eigenvalue weighted by Gasteiger charge is -2.30. The van der Waals surface area contributed by atoms with Crippen molar-refractivity contribution >= 4 is 11.6 Å². The summed E-state index contributed by atoms with van der Waals surface area (Å²) in [6, 6.07) is 3.54. The third kappa shape index (κ3) is 3.41. The van der Waals surface area contributed by atoms with Gasteiger partial charge in [-0.1, -0.05) is 0 Å². The van der Waals surface area contributed by atoms with E-state index in [9.17, 15) is 4.79 Å². The van der Waals surface area contributed by atoms with E-state index in [1.54, 1.807) is 24.1 Å². The Labute approximate surface area is 141 Å². The van der Waals surface area contributed by atoms with Crippen molar-refractivity contribution in [3.05, 3.63) is 35.8 Å². The van der Waals surface area contributed by atoms with Gasteiger partial charge in [0.1, 0.15) is 0 Å². The van der Waals surface area contributed by atoms with E-state index in [0.717, 1.165) is 24.1 Å². The van der Waals surface area contributed by atoms with Gasteiger partial charge in [-0.2, -0.15) is 5.10 Å². The lowest BCUT2D eigenvalue weighted by atomic mass is 9.90. The molecule has 1 saturated heterocycles. The second-order valence-electron chi connectivity index (χ2n) is 5.96. The molecule has 2 atom stereocenters. The molecule has 128 valence electrons. The lowest BCUT2D eigenvalue weighted by molar-refractivity contribution is -0.129. The molecular weight excluding hydrogens is 308 g/mol. The number of anilines is 1. The number of amides is 1. The summed E-state index contributed by atoms with van der Waals surface area (Å²) in [6.07, 6.45) is 5.05. The van der Waals surface area contributed by atoms with Gasteiger partial charge in [0.2, 0.25) is 11.8 Å². The number of methoxy groups -OCH3 is 1. The molecule has 3 heterocycles. The maximum Gasteiger partial charge on any atom is 0.230 e. The van der Waals surface area contributed by atoms with Gasteiger partial charge in [-0.15, -0.1) is 0 Å². The van der Waals surface area contributed by atoms with E-state index < -0.39 is 0 Å². The monoisotopic (exact) mass is 330 g/mol. The summed E-state index contributed by atoms with van der Waals surface area (Å²) in [5.74, 6) is 0.225. The summed E-state index contributed by atoms with van der Waals surface area (Å²) >= 11 is 0. The Kier molecular flexibility index (Phi) is 4.80. The number of aromatic nitrogens is 3. The Balaban J connectivity index is 1.77. The zero-order chi connectivity index (χ0) is 17.1. The molecule has 1 amide bonds. The molecule has 2 aromatic heterocycles.